The molecule has 0 aliphatic carbocycles. The van der Waals surface area contributed by atoms with Crippen LogP contribution in [0.5, 0.6) is 5.75 Å². The van der Waals surface area contributed by atoms with Gasteiger partial charge in [-0.15, -0.1) is 0 Å². The van der Waals surface area contributed by atoms with Crippen LogP contribution in [0.1, 0.15) is 44.1 Å². The zero-order valence-electron chi connectivity index (χ0n) is 19.8. The maximum Gasteiger partial charge on any atom is 0.227 e. The summed E-state index contributed by atoms with van der Waals surface area (Å²) < 4.78 is 25.1. The molecule has 0 unspecified atom stereocenters. The first-order valence-corrected chi connectivity index (χ1v) is 12.2. The van der Waals surface area contributed by atoms with Gasteiger partial charge < -0.3 is 24.6 Å². The number of hydrogen-bond donors (Lipinski definition) is 1. The zero-order chi connectivity index (χ0) is 24.1. The summed E-state index contributed by atoms with van der Waals surface area (Å²) in [4.78, 5) is 41.7. The summed E-state index contributed by atoms with van der Waals surface area (Å²) in [6.45, 7) is 3.39. The highest BCUT2D eigenvalue weighted by molar-refractivity contribution is 5.82. The van der Waals surface area contributed by atoms with Gasteiger partial charge in [0.05, 0.1) is 26.2 Å². The maximum absolute atomic E-state index is 14.5. The third kappa shape index (κ3) is 5.68. The van der Waals surface area contributed by atoms with Crippen LogP contribution in [0.3, 0.4) is 0 Å². The summed E-state index contributed by atoms with van der Waals surface area (Å²) in [6, 6.07) is 4.58. The molecule has 3 aliphatic heterocycles. The molecule has 1 aromatic carbocycles. The Balaban J connectivity index is 1.38. The van der Waals surface area contributed by atoms with Crippen LogP contribution in [-0.2, 0) is 25.5 Å². The fraction of sp³-hybridized carbons (Fsp3) is 0.640. The fourth-order valence-corrected chi connectivity index (χ4v) is 5.31. The predicted octanol–water partition coefficient (Wildman–Crippen LogP) is 1.90. The van der Waals surface area contributed by atoms with Gasteiger partial charge in [0.1, 0.15) is 11.6 Å². The van der Waals surface area contributed by atoms with E-state index >= 15 is 0 Å². The standard InChI is InChI=1S/C25H34FN3O5/c1-33-20-4-5-21(26)19(15-20)16-25(8-6-22(30)27-25)9-7-23(31)29-10-2-3-18(17-29)24(32)28-11-13-34-14-12-28/h4-5,15,18H,2-3,6-14,16-17H2,1H3,(H,27,30)/t18-,25+/m1/s1. The first-order valence-electron chi connectivity index (χ1n) is 12.2. The van der Waals surface area contributed by atoms with E-state index in [0.29, 0.717) is 76.4 Å². The van der Waals surface area contributed by atoms with Crippen LogP contribution in [0.15, 0.2) is 18.2 Å². The van der Waals surface area contributed by atoms with Crippen molar-refractivity contribution >= 4 is 17.7 Å². The number of rotatable bonds is 7. The van der Waals surface area contributed by atoms with Gasteiger partial charge in [-0.2, -0.15) is 0 Å². The molecule has 4 rings (SSSR count). The maximum atomic E-state index is 14.5. The molecular weight excluding hydrogens is 441 g/mol. The number of carbonyl (C=O) groups excluding carboxylic acids is 3. The number of amides is 3. The van der Waals surface area contributed by atoms with Crippen molar-refractivity contribution in [1.82, 2.24) is 15.1 Å². The monoisotopic (exact) mass is 475 g/mol. The quantitative estimate of drug-likeness (QED) is 0.651. The minimum Gasteiger partial charge on any atom is -0.497 e. The van der Waals surface area contributed by atoms with Gasteiger partial charge in [-0.25, -0.2) is 4.39 Å². The Hall–Kier alpha value is -2.68. The minimum atomic E-state index is -0.668. The summed E-state index contributed by atoms with van der Waals surface area (Å²) in [7, 11) is 1.53. The second kappa shape index (κ2) is 10.7. The van der Waals surface area contributed by atoms with Crippen LogP contribution in [-0.4, -0.2) is 79.6 Å². The molecule has 186 valence electrons. The lowest BCUT2D eigenvalue weighted by Crippen LogP contribution is -2.50. The number of piperidine rings is 1. The minimum absolute atomic E-state index is 0.0221. The van der Waals surface area contributed by atoms with Crippen molar-refractivity contribution in [3.8, 4) is 5.75 Å². The lowest BCUT2D eigenvalue weighted by atomic mass is 9.84. The molecule has 1 N–H and O–H groups in total. The third-order valence-electron chi connectivity index (χ3n) is 7.28. The van der Waals surface area contributed by atoms with Gasteiger partial charge in [0.15, 0.2) is 0 Å². The molecule has 8 nitrogen and oxygen atoms in total. The zero-order valence-corrected chi connectivity index (χ0v) is 19.8. The number of likely N-dealkylation sites (tertiary alicyclic amines) is 1. The highest BCUT2D eigenvalue weighted by atomic mass is 19.1. The lowest BCUT2D eigenvalue weighted by Gasteiger charge is -2.37. The van der Waals surface area contributed by atoms with E-state index < -0.39 is 5.54 Å². The van der Waals surface area contributed by atoms with Gasteiger partial charge in [0.25, 0.3) is 0 Å². The second-order valence-electron chi connectivity index (χ2n) is 9.58. The molecule has 3 heterocycles. The van der Waals surface area contributed by atoms with Gasteiger partial charge in [-0.3, -0.25) is 14.4 Å². The third-order valence-corrected chi connectivity index (χ3v) is 7.28. The SMILES string of the molecule is COc1ccc(F)c(C[C@@]2(CCC(=O)N3CCC[C@@H](C(=O)N4CCOCC4)C3)CCC(=O)N2)c1. The number of benzene rings is 1. The molecule has 0 saturated carbocycles. The Kier molecular flexibility index (Phi) is 7.70. The van der Waals surface area contributed by atoms with Gasteiger partial charge >= 0.3 is 0 Å². The molecule has 9 heteroatoms. The fourth-order valence-electron chi connectivity index (χ4n) is 5.31. The Morgan fingerprint density at radius 1 is 1.24 bits per heavy atom. The van der Waals surface area contributed by atoms with Gasteiger partial charge in [-0.05, 0) is 55.9 Å². The molecule has 3 aliphatic rings. The van der Waals surface area contributed by atoms with Crippen molar-refractivity contribution < 1.29 is 28.2 Å². The highest BCUT2D eigenvalue weighted by Gasteiger charge is 2.39. The number of carbonyl (C=O) groups is 3. The Morgan fingerprint density at radius 3 is 2.74 bits per heavy atom. The largest absolute Gasteiger partial charge is 0.497 e. The number of nitrogens with one attached hydrogen (secondary N) is 1. The van der Waals surface area contributed by atoms with Gasteiger partial charge in [0, 0.05) is 44.6 Å². The Labute approximate surface area is 199 Å². The lowest BCUT2D eigenvalue weighted by molar-refractivity contribution is -0.144. The Morgan fingerprint density at radius 2 is 2.03 bits per heavy atom. The van der Waals surface area contributed by atoms with E-state index in [1.54, 1.807) is 17.0 Å². The van der Waals surface area contributed by atoms with Gasteiger partial charge in [-0.1, -0.05) is 0 Å². The molecule has 3 amide bonds. The molecule has 34 heavy (non-hydrogen) atoms. The van der Waals surface area contributed by atoms with Crippen LogP contribution in [0.4, 0.5) is 4.39 Å². The van der Waals surface area contributed by atoms with Crippen LogP contribution >= 0.6 is 0 Å². The molecule has 0 spiro atoms. The smallest absolute Gasteiger partial charge is 0.227 e. The van der Waals surface area contributed by atoms with E-state index in [1.807, 2.05) is 4.90 Å². The molecule has 2 atom stereocenters. The average molecular weight is 476 g/mol. The second-order valence-corrected chi connectivity index (χ2v) is 9.58. The van der Waals surface area contributed by atoms with E-state index in [1.165, 1.54) is 13.2 Å². The normalized spacial score (nSPS) is 25.2. The van der Waals surface area contributed by atoms with E-state index in [9.17, 15) is 18.8 Å². The van der Waals surface area contributed by atoms with Gasteiger partial charge in [0.2, 0.25) is 17.7 Å². The number of morpholine rings is 1. The number of ether oxygens (including phenoxy) is 2. The number of hydrogen-bond acceptors (Lipinski definition) is 5. The molecule has 1 aromatic rings. The van der Waals surface area contributed by atoms with Crippen molar-refractivity contribution in [3.63, 3.8) is 0 Å². The van der Waals surface area contributed by atoms with Crippen LogP contribution < -0.4 is 10.1 Å². The Bertz CT molecular complexity index is 920. The molecular formula is C25H34FN3O5. The van der Waals surface area contributed by atoms with E-state index in [4.69, 9.17) is 9.47 Å². The number of nitrogens with zero attached hydrogens (tertiary/aromatic N) is 2. The first-order chi connectivity index (χ1) is 16.4. The van der Waals surface area contributed by atoms with Crippen molar-refractivity contribution in [2.75, 3.05) is 46.5 Å². The van der Waals surface area contributed by atoms with Crippen molar-refractivity contribution in [3.05, 3.63) is 29.6 Å². The summed E-state index contributed by atoms with van der Waals surface area (Å²) in [6.07, 6.45) is 3.45. The molecule has 0 bridgehead atoms. The molecule has 0 radical (unpaired) electrons. The highest BCUT2D eigenvalue weighted by Crippen LogP contribution is 2.32. The summed E-state index contributed by atoms with van der Waals surface area (Å²) in [5.74, 6) is 0.0241. The summed E-state index contributed by atoms with van der Waals surface area (Å²) in [5, 5.41) is 3.02. The number of methoxy groups -OCH3 is 1. The predicted molar refractivity (Wildman–Crippen MR) is 123 cm³/mol. The van der Waals surface area contributed by atoms with Crippen molar-refractivity contribution in [2.45, 2.75) is 50.5 Å². The summed E-state index contributed by atoms with van der Waals surface area (Å²) in [5.41, 5.74) is -0.207. The molecule has 3 fully saturated rings. The van der Waals surface area contributed by atoms with E-state index in [-0.39, 0.29) is 35.9 Å². The van der Waals surface area contributed by atoms with E-state index in [2.05, 4.69) is 5.32 Å². The summed E-state index contributed by atoms with van der Waals surface area (Å²) >= 11 is 0. The topological polar surface area (TPSA) is 88.2 Å². The molecule has 0 aromatic heterocycles. The van der Waals surface area contributed by atoms with E-state index in [0.717, 1.165) is 12.8 Å². The first kappa shape index (κ1) is 24.4. The van der Waals surface area contributed by atoms with Crippen molar-refractivity contribution in [1.29, 1.82) is 0 Å². The van der Waals surface area contributed by atoms with Crippen LogP contribution in [0.25, 0.3) is 0 Å². The average Bonchev–Trinajstić information content (AvgIpc) is 3.24. The van der Waals surface area contributed by atoms with Crippen molar-refractivity contribution in [2.24, 2.45) is 5.92 Å². The molecule has 3 saturated heterocycles. The number of halogens is 1. The van der Waals surface area contributed by atoms with Crippen LogP contribution in [0, 0.1) is 11.7 Å². The van der Waals surface area contributed by atoms with Crippen LogP contribution in [0.2, 0.25) is 0 Å².